The van der Waals surface area contributed by atoms with E-state index in [1.165, 1.54) is 0 Å². The molecule has 3 heteroatoms. The SMILES string of the molecule is Cn1ccnc1CCC(C)(O)C1(C)CC1. The number of aryl methyl sites for hydroxylation is 2. The van der Waals surface area contributed by atoms with Gasteiger partial charge in [0.25, 0.3) is 0 Å². The molecule has 0 saturated heterocycles. The van der Waals surface area contributed by atoms with Crippen LogP contribution >= 0.6 is 0 Å². The summed E-state index contributed by atoms with van der Waals surface area (Å²) in [6.07, 6.45) is 7.72. The van der Waals surface area contributed by atoms with Gasteiger partial charge < -0.3 is 9.67 Å². The van der Waals surface area contributed by atoms with Crippen LogP contribution in [0.1, 0.15) is 38.9 Å². The van der Waals surface area contributed by atoms with Crippen molar-refractivity contribution in [2.75, 3.05) is 0 Å². The van der Waals surface area contributed by atoms with Gasteiger partial charge in [0.15, 0.2) is 0 Å². The minimum Gasteiger partial charge on any atom is -0.390 e. The standard InChI is InChI=1S/C12H20N2O/c1-11(6-7-11)12(2,15)5-4-10-13-8-9-14(10)3/h8-9,15H,4-7H2,1-3H3. The van der Waals surface area contributed by atoms with Gasteiger partial charge in [-0.2, -0.15) is 0 Å². The Morgan fingerprint density at radius 3 is 2.73 bits per heavy atom. The summed E-state index contributed by atoms with van der Waals surface area (Å²) in [5, 5.41) is 10.4. The lowest BCUT2D eigenvalue weighted by atomic mass is 9.83. The van der Waals surface area contributed by atoms with E-state index in [9.17, 15) is 5.11 Å². The van der Waals surface area contributed by atoms with Crippen LogP contribution in [0.3, 0.4) is 0 Å². The lowest BCUT2D eigenvalue weighted by molar-refractivity contribution is -0.0154. The Morgan fingerprint density at radius 1 is 1.60 bits per heavy atom. The topological polar surface area (TPSA) is 38.0 Å². The molecule has 0 radical (unpaired) electrons. The fraction of sp³-hybridized carbons (Fsp3) is 0.750. The molecular formula is C12H20N2O. The molecule has 0 spiro atoms. The zero-order valence-corrected chi connectivity index (χ0v) is 9.82. The van der Waals surface area contributed by atoms with Crippen LogP contribution in [0.5, 0.6) is 0 Å². The Hall–Kier alpha value is -0.830. The van der Waals surface area contributed by atoms with Gasteiger partial charge in [-0.1, -0.05) is 6.92 Å². The van der Waals surface area contributed by atoms with Crippen LogP contribution < -0.4 is 0 Å². The maximum absolute atomic E-state index is 10.4. The van der Waals surface area contributed by atoms with Gasteiger partial charge in [0, 0.05) is 25.9 Å². The molecule has 0 amide bonds. The Balaban J connectivity index is 1.96. The third-order valence-corrected chi connectivity index (χ3v) is 4.06. The molecular weight excluding hydrogens is 188 g/mol. The normalized spacial score (nSPS) is 22.4. The minimum absolute atomic E-state index is 0.151. The smallest absolute Gasteiger partial charge is 0.108 e. The van der Waals surface area contributed by atoms with E-state index in [0.29, 0.717) is 0 Å². The van der Waals surface area contributed by atoms with E-state index in [-0.39, 0.29) is 5.41 Å². The van der Waals surface area contributed by atoms with Gasteiger partial charge in [-0.3, -0.25) is 0 Å². The molecule has 1 saturated carbocycles. The average molecular weight is 208 g/mol. The highest BCUT2D eigenvalue weighted by molar-refractivity contribution is 5.04. The van der Waals surface area contributed by atoms with E-state index in [1.807, 2.05) is 30.9 Å². The molecule has 84 valence electrons. The highest BCUT2D eigenvalue weighted by atomic mass is 16.3. The van der Waals surface area contributed by atoms with Crippen molar-refractivity contribution in [3.05, 3.63) is 18.2 Å². The third kappa shape index (κ3) is 1.93. The fourth-order valence-electron chi connectivity index (χ4n) is 2.02. The second kappa shape index (κ2) is 3.34. The fourth-order valence-corrected chi connectivity index (χ4v) is 2.02. The molecule has 1 aliphatic carbocycles. The largest absolute Gasteiger partial charge is 0.390 e. The Kier molecular flexibility index (Phi) is 2.38. The molecule has 1 heterocycles. The number of aromatic nitrogens is 2. The van der Waals surface area contributed by atoms with E-state index in [4.69, 9.17) is 0 Å². The van der Waals surface area contributed by atoms with Gasteiger partial charge in [-0.15, -0.1) is 0 Å². The first-order valence-corrected chi connectivity index (χ1v) is 5.63. The summed E-state index contributed by atoms with van der Waals surface area (Å²) in [6, 6.07) is 0. The second-order valence-electron chi connectivity index (χ2n) is 5.29. The molecule has 0 aromatic carbocycles. The molecule has 2 rings (SSSR count). The number of nitrogens with zero attached hydrogens (tertiary/aromatic N) is 2. The predicted molar refractivity (Wildman–Crippen MR) is 59.5 cm³/mol. The summed E-state index contributed by atoms with van der Waals surface area (Å²) in [6.45, 7) is 4.13. The number of aliphatic hydroxyl groups is 1. The number of rotatable bonds is 4. The summed E-state index contributed by atoms with van der Waals surface area (Å²) >= 11 is 0. The summed E-state index contributed by atoms with van der Waals surface area (Å²) in [7, 11) is 2.00. The quantitative estimate of drug-likeness (QED) is 0.820. The first-order chi connectivity index (χ1) is 6.95. The van der Waals surface area contributed by atoms with Crippen molar-refractivity contribution in [1.82, 2.24) is 9.55 Å². The Bertz CT molecular complexity index is 350. The van der Waals surface area contributed by atoms with Gasteiger partial charge in [0.1, 0.15) is 5.82 Å². The highest BCUT2D eigenvalue weighted by Gasteiger charge is 2.51. The molecule has 1 N–H and O–H groups in total. The van der Waals surface area contributed by atoms with Crippen LogP contribution in [-0.2, 0) is 13.5 Å². The zero-order chi connectivity index (χ0) is 11.1. The van der Waals surface area contributed by atoms with E-state index in [1.54, 1.807) is 0 Å². The van der Waals surface area contributed by atoms with Crippen LogP contribution in [0, 0.1) is 5.41 Å². The van der Waals surface area contributed by atoms with Crippen LogP contribution in [0.15, 0.2) is 12.4 Å². The first-order valence-electron chi connectivity index (χ1n) is 5.63. The monoisotopic (exact) mass is 208 g/mol. The molecule has 1 aliphatic rings. The molecule has 1 aromatic rings. The molecule has 1 atom stereocenters. The Morgan fingerprint density at radius 2 is 2.27 bits per heavy atom. The summed E-state index contributed by atoms with van der Waals surface area (Å²) in [5.41, 5.74) is -0.392. The third-order valence-electron chi connectivity index (χ3n) is 4.06. The molecule has 1 aromatic heterocycles. The van der Waals surface area contributed by atoms with Crippen LogP contribution in [-0.4, -0.2) is 20.3 Å². The molecule has 15 heavy (non-hydrogen) atoms. The predicted octanol–water partition coefficient (Wildman–Crippen LogP) is 1.90. The summed E-state index contributed by atoms with van der Waals surface area (Å²) in [5.74, 6) is 1.06. The van der Waals surface area contributed by atoms with Crippen LogP contribution in [0.2, 0.25) is 0 Å². The number of imidazole rings is 1. The Labute approximate surface area is 91.1 Å². The first kappa shape index (κ1) is 10.7. The summed E-state index contributed by atoms with van der Waals surface area (Å²) in [4.78, 5) is 4.27. The van der Waals surface area contributed by atoms with E-state index >= 15 is 0 Å². The van der Waals surface area contributed by atoms with Crippen molar-refractivity contribution in [3.63, 3.8) is 0 Å². The van der Waals surface area contributed by atoms with Crippen LogP contribution in [0.25, 0.3) is 0 Å². The van der Waals surface area contributed by atoms with Crippen molar-refractivity contribution in [1.29, 1.82) is 0 Å². The molecule has 0 aliphatic heterocycles. The lowest BCUT2D eigenvalue weighted by Crippen LogP contribution is -2.35. The number of hydrogen-bond acceptors (Lipinski definition) is 2. The van der Waals surface area contributed by atoms with Crippen LogP contribution in [0.4, 0.5) is 0 Å². The summed E-state index contributed by atoms with van der Waals surface area (Å²) < 4.78 is 2.02. The van der Waals surface area contributed by atoms with E-state index < -0.39 is 5.60 Å². The molecule has 0 bridgehead atoms. The van der Waals surface area contributed by atoms with Crippen molar-refractivity contribution in [2.45, 2.75) is 45.1 Å². The highest BCUT2D eigenvalue weighted by Crippen LogP contribution is 2.54. The second-order valence-corrected chi connectivity index (χ2v) is 5.29. The lowest BCUT2D eigenvalue weighted by Gasteiger charge is -2.30. The zero-order valence-electron chi connectivity index (χ0n) is 9.82. The van der Waals surface area contributed by atoms with Crippen molar-refractivity contribution >= 4 is 0 Å². The van der Waals surface area contributed by atoms with Gasteiger partial charge in [-0.25, -0.2) is 4.98 Å². The van der Waals surface area contributed by atoms with Gasteiger partial charge >= 0.3 is 0 Å². The van der Waals surface area contributed by atoms with Gasteiger partial charge in [-0.05, 0) is 31.6 Å². The molecule has 3 nitrogen and oxygen atoms in total. The van der Waals surface area contributed by atoms with Crippen molar-refractivity contribution in [3.8, 4) is 0 Å². The maximum atomic E-state index is 10.4. The maximum Gasteiger partial charge on any atom is 0.108 e. The molecule has 1 unspecified atom stereocenters. The van der Waals surface area contributed by atoms with Crippen molar-refractivity contribution < 1.29 is 5.11 Å². The van der Waals surface area contributed by atoms with Gasteiger partial charge in [0.05, 0.1) is 5.60 Å². The van der Waals surface area contributed by atoms with E-state index in [2.05, 4.69) is 11.9 Å². The van der Waals surface area contributed by atoms with Gasteiger partial charge in [0.2, 0.25) is 0 Å². The minimum atomic E-state index is -0.543. The molecule has 1 fully saturated rings. The average Bonchev–Trinajstić information content (AvgIpc) is 2.78. The number of hydrogen-bond donors (Lipinski definition) is 1. The van der Waals surface area contributed by atoms with Crippen molar-refractivity contribution in [2.24, 2.45) is 12.5 Å². The van der Waals surface area contributed by atoms with E-state index in [0.717, 1.165) is 31.5 Å².